The van der Waals surface area contributed by atoms with E-state index in [0.29, 0.717) is 0 Å². The summed E-state index contributed by atoms with van der Waals surface area (Å²) in [6, 6.07) is 0. The molecule has 14 heavy (non-hydrogen) atoms. The highest BCUT2D eigenvalue weighted by Gasteiger charge is 2.18. The molecule has 1 rings (SSSR count). The fourth-order valence-corrected chi connectivity index (χ4v) is 1.90. The number of aliphatic hydroxyl groups is 2. The molecule has 84 valence electrons. The van der Waals surface area contributed by atoms with Crippen LogP contribution in [0.2, 0.25) is 0 Å². The predicted octanol–water partition coefficient (Wildman–Crippen LogP) is -0.634. The van der Waals surface area contributed by atoms with E-state index in [1.54, 1.807) is 0 Å². The molecule has 1 aliphatic heterocycles. The molecule has 2 N–H and O–H groups in total. The van der Waals surface area contributed by atoms with Crippen LogP contribution in [0.15, 0.2) is 0 Å². The molecule has 1 fully saturated rings. The van der Waals surface area contributed by atoms with E-state index in [9.17, 15) is 10.2 Å². The molecule has 0 aromatic rings. The van der Waals surface area contributed by atoms with Gasteiger partial charge in [0.05, 0.1) is 12.2 Å². The molecule has 0 amide bonds. The van der Waals surface area contributed by atoms with Crippen LogP contribution in [0.4, 0.5) is 0 Å². The molecule has 1 saturated heterocycles. The van der Waals surface area contributed by atoms with Gasteiger partial charge in [-0.3, -0.25) is 9.80 Å². The SMILES string of the molecule is C[C@@H](O)CN1CCN(C[C@@H](C)O)CC1. The summed E-state index contributed by atoms with van der Waals surface area (Å²) in [7, 11) is 0. The molecule has 0 spiro atoms. The second-order valence-corrected chi connectivity index (χ2v) is 4.30. The van der Waals surface area contributed by atoms with Gasteiger partial charge in [-0.05, 0) is 13.8 Å². The van der Waals surface area contributed by atoms with Crippen LogP contribution in [-0.4, -0.2) is 71.5 Å². The molecule has 2 atom stereocenters. The average Bonchev–Trinajstić information content (AvgIpc) is 2.06. The number of aliphatic hydroxyl groups excluding tert-OH is 2. The van der Waals surface area contributed by atoms with Crippen LogP contribution in [0.5, 0.6) is 0 Å². The van der Waals surface area contributed by atoms with E-state index < -0.39 is 0 Å². The van der Waals surface area contributed by atoms with Gasteiger partial charge in [-0.15, -0.1) is 0 Å². The molecule has 0 bridgehead atoms. The Morgan fingerprint density at radius 1 is 0.857 bits per heavy atom. The third-order valence-electron chi connectivity index (χ3n) is 2.51. The lowest BCUT2D eigenvalue weighted by Gasteiger charge is -2.35. The maximum absolute atomic E-state index is 9.22. The molecule has 0 aromatic heterocycles. The Bertz CT molecular complexity index is 136. The van der Waals surface area contributed by atoms with Crippen molar-refractivity contribution < 1.29 is 10.2 Å². The Balaban J connectivity index is 2.17. The summed E-state index contributed by atoms with van der Waals surface area (Å²) in [6.07, 6.45) is -0.475. The van der Waals surface area contributed by atoms with Crippen LogP contribution in [0.25, 0.3) is 0 Å². The Hall–Kier alpha value is -0.160. The van der Waals surface area contributed by atoms with Gasteiger partial charge in [0.25, 0.3) is 0 Å². The maximum Gasteiger partial charge on any atom is 0.0639 e. The molecule has 4 heteroatoms. The van der Waals surface area contributed by atoms with Crippen molar-refractivity contribution in [1.29, 1.82) is 0 Å². The second kappa shape index (κ2) is 5.66. The zero-order chi connectivity index (χ0) is 10.6. The van der Waals surface area contributed by atoms with Gasteiger partial charge in [0.15, 0.2) is 0 Å². The average molecular weight is 202 g/mol. The standard InChI is InChI=1S/C10H22N2O2/c1-9(13)7-11-3-5-12(6-4-11)8-10(2)14/h9-10,13-14H,3-8H2,1-2H3/t9-,10-/m1/s1. The third-order valence-corrected chi connectivity index (χ3v) is 2.51. The maximum atomic E-state index is 9.22. The Morgan fingerprint density at radius 3 is 1.36 bits per heavy atom. The Morgan fingerprint density at radius 2 is 1.14 bits per heavy atom. The largest absolute Gasteiger partial charge is 0.392 e. The first-order chi connectivity index (χ1) is 6.58. The highest BCUT2D eigenvalue weighted by Crippen LogP contribution is 2.03. The molecule has 1 heterocycles. The van der Waals surface area contributed by atoms with Gasteiger partial charge in [-0.25, -0.2) is 0 Å². The Kier molecular flexibility index (Phi) is 4.81. The summed E-state index contributed by atoms with van der Waals surface area (Å²) in [5.41, 5.74) is 0. The Labute approximate surface area is 86.1 Å². The lowest BCUT2D eigenvalue weighted by atomic mass is 10.2. The van der Waals surface area contributed by atoms with Crippen molar-refractivity contribution in [2.45, 2.75) is 26.1 Å². The summed E-state index contributed by atoms with van der Waals surface area (Å²) in [4.78, 5) is 4.53. The van der Waals surface area contributed by atoms with E-state index in [2.05, 4.69) is 9.80 Å². The number of piperazine rings is 1. The van der Waals surface area contributed by atoms with E-state index in [4.69, 9.17) is 0 Å². The molecule has 0 saturated carbocycles. The van der Waals surface area contributed by atoms with Crippen molar-refractivity contribution in [3.63, 3.8) is 0 Å². The van der Waals surface area contributed by atoms with E-state index in [1.807, 2.05) is 13.8 Å². The molecule has 0 aromatic carbocycles. The molecular formula is C10H22N2O2. The minimum absolute atomic E-state index is 0.238. The van der Waals surface area contributed by atoms with Crippen LogP contribution in [0, 0.1) is 0 Å². The first kappa shape index (κ1) is 11.9. The summed E-state index contributed by atoms with van der Waals surface area (Å²) in [5, 5.41) is 18.4. The van der Waals surface area contributed by atoms with Crippen molar-refractivity contribution in [2.24, 2.45) is 0 Å². The number of rotatable bonds is 4. The van der Waals surface area contributed by atoms with Crippen LogP contribution < -0.4 is 0 Å². The molecule has 0 aliphatic carbocycles. The number of hydrogen-bond acceptors (Lipinski definition) is 4. The van der Waals surface area contributed by atoms with Crippen LogP contribution in [-0.2, 0) is 0 Å². The quantitative estimate of drug-likeness (QED) is 0.637. The molecule has 0 unspecified atom stereocenters. The normalized spacial score (nSPS) is 24.9. The van der Waals surface area contributed by atoms with Gasteiger partial charge in [-0.2, -0.15) is 0 Å². The molecule has 0 radical (unpaired) electrons. The van der Waals surface area contributed by atoms with Gasteiger partial charge < -0.3 is 10.2 Å². The predicted molar refractivity (Wildman–Crippen MR) is 56.2 cm³/mol. The van der Waals surface area contributed by atoms with Crippen molar-refractivity contribution in [1.82, 2.24) is 9.80 Å². The number of hydrogen-bond donors (Lipinski definition) is 2. The highest BCUT2D eigenvalue weighted by molar-refractivity contribution is 4.74. The van der Waals surface area contributed by atoms with Gasteiger partial charge in [0, 0.05) is 39.3 Å². The first-order valence-electron chi connectivity index (χ1n) is 5.38. The van der Waals surface area contributed by atoms with Crippen molar-refractivity contribution in [2.75, 3.05) is 39.3 Å². The van der Waals surface area contributed by atoms with E-state index >= 15 is 0 Å². The van der Waals surface area contributed by atoms with Gasteiger partial charge in [0.2, 0.25) is 0 Å². The zero-order valence-electron chi connectivity index (χ0n) is 9.19. The van der Waals surface area contributed by atoms with Crippen LogP contribution in [0.1, 0.15) is 13.8 Å². The van der Waals surface area contributed by atoms with Crippen LogP contribution >= 0.6 is 0 Å². The van der Waals surface area contributed by atoms with Crippen molar-refractivity contribution in [3.8, 4) is 0 Å². The van der Waals surface area contributed by atoms with Crippen molar-refractivity contribution in [3.05, 3.63) is 0 Å². The summed E-state index contributed by atoms with van der Waals surface area (Å²) in [5.74, 6) is 0. The monoisotopic (exact) mass is 202 g/mol. The van der Waals surface area contributed by atoms with Gasteiger partial charge >= 0.3 is 0 Å². The van der Waals surface area contributed by atoms with E-state index in [1.165, 1.54) is 0 Å². The highest BCUT2D eigenvalue weighted by atomic mass is 16.3. The summed E-state index contributed by atoms with van der Waals surface area (Å²) < 4.78 is 0. The lowest BCUT2D eigenvalue weighted by Crippen LogP contribution is -2.49. The lowest BCUT2D eigenvalue weighted by molar-refractivity contribution is 0.0576. The third kappa shape index (κ3) is 4.37. The van der Waals surface area contributed by atoms with Crippen LogP contribution in [0.3, 0.4) is 0 Å². The first-order valence-corrected chi connectivity index (χ1v) is 5.38. The minimum atomic E-state index is -0.238. The molecular weight excluding hydrogens is 180 g/mol. The number of nitrogens with zero attached hydrogens (tertiary/aromatic N) is 2. The summed E-state index contributed by atoms with van der Waals surface area (Å²) in [6.45, 7) is 9.17. The topological polar surface area (TPSA) is 46.9 Å². The van der Waals surface area contributed by atoms with Crippen molar-refractivity contribution >= 4 is 0 Å². The fourth-order valence-electron chi connectivity index (χ4n) is 1.90. The molecule has 4 nitrogen and oxygen atoms in total. The second-order valence-electron chi connectivity index (χ2n) is 4.30. The minimum Gasteiger partial charge on any atom is -0.392 e. The van der Waals surface area contributed by atoms with E-state index in [-0.39, 0.29) is 12.2 Å². The summed E-state index contributed by atoms with van der Waals surface area (Å²) >= 11 is 0. The van der Waals surface area contributed by atoms with Gasteiger partial charge in [0.1, 0.15) is 0 Å². The zero-order valence-corrected chi connectivity index (χ0v) is 9.19. The fraction of sp³-hybridized carbons (Fsp3) is 1.00. The molecule has 1 aliphatic rings. The van der Waals surface area contributed by atoms with E-state index in [0.717, 1.165) is 39.3 Å². The smallest absolute Gasteiger partial charge is 0.0639 e. The van der Waals surface area contributed by atoms with Gasteiger partial charge in [-0.1, -0.05) is 0 Å². The number of β-amino-alcohol motifs (C(OH)–C–C–N with tert-alkyl or cyclic N) is 2.